The maximum Gasteiger partial charge on any atom is 0.408 e. The third kappa shape index (κ3) is 3.81. The fourth-order valence-corrected chi connectivity index (χ4v) is 2.14. The molecule has 1 amide bonds. The van der Waals surface area contributed by atoms with Gasteiger partial charge in [0.25, 0.3) is 0 Å². The van der Waals surface area contributed by atoms with Gasteiger partial charge in [-0.25, -0.2) is 4.79 Å². The number of benzene rings is 1. The van der Waals surface area contributed by atoms with Crippen LogP contribution in [-0.2, 0) is 6.54 Å². The van der Waals surface area contributed by atoms with E-state index in [9.17, 15) is 9.90 Å². The predicted molar refractivity (Wildman–Crippen MR) is 83.0 cm³/mol. The Hall–Kier alpha value is -2.36. The van der Waals surface area contributed by atoms with Crippen LogP contribution in [0.3, 0.4) is 0 Å². The van der Waals surface area contributed by atoms with Crippen LogP contribution < -0.4 is 0 Å². The van der Waals surface area contributed by atoms with Crippen LogP contribution in [0.25, 0.3) is 11.3 Å². The molecule has 0 aliphatic rings. The second-order valence-electron chi connectivity index (χ2n) is 5.95. The highest BCUT2D eigenvalue weighted by Crippen LogP contribution is 2.21. The molecule has 1 heterocycles. The molecule has 0 atom stereocenters. The Bertz CT molecular complexity index is 618. The lowest BCUT2D eigenvalue weighted by Crippen LogP contribution is -2.44. The molecule has 0 fully saturated rings. The first-order valence-electron chi connectivity index (χ1n) is 6.89. The minimum absolute atomic E-state index is 0.361. The van der Waals surface area contributed by atoms with Gasteiger partial charge in [-0.3, -0.25) is 9.88 Å². The van der Waals surface area contributed by atoms with Gasteiger partial charge in [0.15, 0.2) is 0 Å². The quantitative estimate of drug-likeness (QED) is 0.926. The number of nitrogens with zero attached hydrogens (tertiary/aromatic N) is 2. The second-order valence-corrected chi connectivity index (χ2v) is 5.95. The van der Waals surface area contributed by atoms with E-state index in [1.54, 1.807) is 6.20 Å². The molecule has 0 spiro atoms. The van der Waals surface area contributed by atoms with Crippen LogP contribution in [0.1, 0.15) is 26.3 Å². The van der Waals surface area contributed by atoms with Crippen LogP contribution in [0.2, 0.25) is 0 Å². The summed E-state index contributed by atoms with van der Waals surface area (Å²) in [4.78, 5) is 17.2. The molecule has 4 nitrogen and oxygen atoms in total. The van der Waals surface area contributed by atoms with Gasteiger partial charge in [-0.1, -0.05) is 24.3 Å². The standard InChI is InChI=1S/C17H20N2O2/c1-17(2,3)19(16(20)21)12-13-7-6-8-14(11-13)15-9-4-5-10-18-15/h4-11H,12H2,1-3H3,(H,20,21). The van der Waals surface area contributed by atoms with Crippen LogP contribution in [0.15, 0.2) is 48.7 Å². The third-order valence-corrected chi connectivity index (χ3v) is 3.27. The zero-order valence-electron chi connectivity index (χ0n) is 12.6. The topological polar surface area (TPSA) is 53.4 Å². The summed E-state index contributed by atoms with van der Waals surface area (Å²) in [6.45, 7) is 6.04. The van der Waals surface area contributed by atoms with Gasteiger partial charge in [-0.2, -0.15) is 0 Å². The smallest absolute Gasteiger partial charge is 0.408 e. The number of hydrogen-bond acceptors (Lipinski definition) is 2. The molecule has 1 N–H and O–H groups in total. The molecule has 0 aliphatic heterocycles. The van der Waals surface area contributed by atoms with Gasteiger partial charge < -0.3 is 5.11 Å². The summed E-state index contributed by atoms with van der Waals surface area (Å²) < 4.78 is 0. The van der Waals surface area contributed by atoms with Gasteiger partial charge in [0.05, 0.1) is 5.69 Å². The lowest BCUT2D eigenvalue weighted by atomic mass is 10.0. The molecule has 0 aliphatic carbocycles. The van der Waals surface area contributed by atoms with Crippen LogP contribution in [0, 0.1) is 0 Å². The van der Waals surface area contributed by atoms with E-state index >= 15 is 0 Å². The normalized spacial score (nSPS) is 11.2. The summed E-state index contributed by atoms with van der Waals surface area (Å²) >= 11 is 0. The predicted octanol–water partition coefficient (Wildman–Crippen LogP) is 4.03. The van der Waals surface area contributed by atoms with Crippen LogP contribution in [0.5, 0.6) is 0 Å². The van der Waals surface area contributed by atoms with E-state index < -0.39 is 11.6 Å². The van der Waals surface area contributed by atoms with Crippen molar-refractivity contribution in [1.29, 1.82) is 0 Å². The van der Waals surface area contributed by atoms with Gasteiger partial charge in [-0.05, 0) is 44.5 Å². The van der Waals surface area contributed by atoms with Gasteiger partial charge in [-0.15, -0.1) is 0 Å². The SMILES string of the molecule is CC(C)(C)N(Cc1cccc(-c2ccccn2)c1)C(=O)O. The lowest BCUT2D eigenvalue weighted by Gasteiger charge is -2.33. The molecule has 110 valence electrons. The maximum absolute atomic E-state index is 11.4. The highest BCUT2D eigenvalue weighted by molar-refractivity contribution is 5.66. The summed E-state index contributed by atoms with van der Waals surface area (Å²) in [5.41, 5.74) is 2.40. The Morgan fingerprint density at radius 3 is 2.52 bits per heavy atom. The zero-order chi connectivity index (χ0) is 15.5. The molecule has 0 radical (unpaired) electrons. The fraction of sp³-hybridized carbons (Fsp3) is 0.294. The summed E-state index contributed by atoms with van der Waals surface area (Å²) in [6.07, 6.45) is 0.839. The van der Waals surface area contributed by atoms with E-state index in [0.29, 0.717) is 6.54 Å². The van der Waals surface area contributed by atoms with Gasteiger partial charge in [0, 0.05) is 23.8 Å². The number of carboxylic acid groups (broad SMARTS) is 1. The average molecular weight is 284 g/mol. The molecule has 1 aromatic carbocycles. The minimum atomic E-state index is -0.911. The fourth-order valence-electron chi connectivity index (χ4n) is 2.14. The average Bonchev–Trinajstić information content (AvgIpc) is 2.44. The van der Waals surface area contributed by atoms with Crippen LogP contribution >= 0.6 is 0 Å². The first-order chi connectivity index (χ1) is 9.88. The van der Waals surface area contributed by atoms with Gasteiger partial charge >= 0.3 is 6.09 Å². The van der Waals surface area contributed by atoms with Crippen molar-refractivity contribution < 1.29 is 9.90 Å². The highest BCUT2D eigenvalue weighted by atomic mass is 16.4. The summed E-state index contributed by atoms with van der Waals surface area (Å²) in [7, 11) is 0. The molecule has 0 saturated carbocycles. The maximum atomic E-state index is 11.4. The van der Waals surface area contributed by atoms with E-state index in [0.717, 1.165) is 16.8 Å². The van der Waals surface area contributed by atoms with Crippen molar-refractivity contribution in [2.75, 3.05) is 0 Å². The van der Waals surface area contributed by atoms with Crippen molar-refractivity contribution in [3.63, 3.8) is 0 Å². The first-order valence-corrected chi connectivity index (χ1v) is 6.89. The van der Waals surface area contributed by atoms with E-state index in [2.05, 4.69) is 4.98 Å². The summed E-state index contributed by atoms with van der Waals surface area (Å²) in [5, 5.41) is 9.37. The second kappa shape index (κ2) is 5.95. The number of amides is 1. The summed E-state index contributed by atoms with van der Waals surface area (Å²) in [5.74, 6) is 0. The number of carbonyl (C=O) groups is 1. The zero-order valence-corrected chi connectivity index (χ0v) is 12.6. The lowest BCUT2D eigenvalue weighted by molar-refractivity contribution is 0.0956. The molecule has 0 bridgehead atoms. The van der Waals surface area contributed by atoms with Crippen molar-refractivity contribution in [1.82, 2.24) is 9.88 Å². The van der Waals surface area contributed by atoms with Gasteiger partial charge in [0.1, 0.15) is 0 Å². The summed E-state index contributed by atoms with van der Waals surface area (Å²) in [6, 6.07) is 13.6. The third-order valence-electron chi connectivity index (χ3n) is 3.27. The Kier molecular flexibility index (Phi) is 4.26. The molecule has 21 heavy (non-hydrogen) atoms. The monoisotopic (exact) mass is 284 g/mol. The Morgan fingerprint density at radius 2 is 1.95 bits per heavy atom. The molecule has 2 aromatic rings. The molecular formula is C17H20N2O2. The molecule has 0 saturated heterocycles. The van der Waals surface area contributed by atoms with Gasteiger partial charge in [0.2, 0.25) is 0 Å². The van der Waals surface area contributed by atoms with Crippen molar-refractivity contribution in [2.45, 2.75) is 32.9 Å². The Balaban J connectivity index is 2.28. The van der Waals surface area contributed by atoms with Crippen LogP contribution in [0.4, 0.5) is 4.79 Å². The van der Waals surface area contributed by atoms with Crippen molar-refractivity contribution in [2.24, 2.45) is 0 Å². The highest BCUT2D eigenvalue weighted by Gasteiger charge is 2.26. The first kappa shape index (κ1) is 15.0. The minimum Gasteiger partial charge on any atom is -0.465 e. The van der Waals surface area contributed by atoms with E-state index in [-0.39, 0.29) is 0 Å². The Morgan fingerprint density at radius 1 is 1.19 bits per heavy atom. The molecule has 4 heteroatoms. The largest absolute Gasteiger partial charge is 0.465 e. The molecule has 1 aromatic heterocycles. The molecule has 0 unspecified atom stereocenters. The van der Waals surface area contributed by atoms with Crippen molar-refractivity contribution in [3.05, 3.63) is 54.2 Å². The van der Waals surface area contributed by atoms with E-state index in [1.165, 1.54) is 4.90 Å². The van der Waals surface area contributed by atoms with E-state index in [1.807, 2.05) is 63.2 Å². The van der Waals surface area contributed by atoms with Crippen molar-refractivity contribution in [3.8, 4) is 11.3 Å². The number of hydrogen-bond donors (Lipinski definition) is 1. The molecule has 2 rings (SSSR count). The number of aromatic nitrogens is 1. The Labute approximate surface area is 125 Å². The number of rotatable bonds is 3. The van der Waals surface area contributed by atoms with Crippen LogP contribution in [-0.4, -0.2) is 26.6 Å². The molecular weight excluding hydrogens is 264 g/mol. The number of pyridine rings is 1. The van der Waals surface area contributed by atoms with Crippen molar-refractivity contribution >= 4 is 6.09 Å². The van der Waals surface area contributed by atoms with E-state index in [4.69, 9.17) is 0 Å².